The fraction of sp³-hybridized carbons (Fsp3) is 0.250. The van der Waals surface area contributed by atoms with Crippen LogP contribution < -0.4 is 10.2 Å². The Labute approximate surface area is 169 Å². The number of ether oxygens (including phenoxy) is 1. The van der Waals surface area contributed by atoms with Crippen LogP contribution in [0, 0.1) is 0 Å². The first-order chi connectivity index (χ1) is 14.1. The fourth-order valence-corrected chi connectivity index (χ4v) is 4.77. The molecule has 2 aromatic heterocycles. The molecule has 2 aliphatic rings. The number of imide groups is 1. The van der Waals surface area contributed by atoms with E-state index in [1.165, 1.54) is 16.2 Å². The van der Waals surface area contributed by atoms with Crippen LogP contribution in [0.4, 0.5) is 5.82 Å². The topological polar surface area (TPSA) is 101 Å². The number of carbonyl (C=O) groups excluding carboxylic acids is 3. The molecular formula is C20H16N4O4S. The Balaban J connectivity index is 1.66. The summed E-state index contributed by atoms with van der Waals surface area (Å²) in [7, 11) is 1.61. The number of amides is 3. The molecule has 29 heavy (non-hydrogen) atoms. The summed E-state index contributed by atoms with van der Waals surface area (Å²) >= 11 is 1.48. The minimum absolute atomic E-state index is 0.188. The maximum atomic E-state index is 13.2. The minimum atomic E-state index is -0.758. The monoisotopic (exact) mass is 408 g/mol. The van der Waals surface area contributed by atoms with Gasteiger partial charge in [0.25, 0.3) is 5.91 Å². The molecule has 0 saturated carbocycles. The van der Waals surface area contributed by atoms with Crippen molar-refractivity contribution in [3.05, 3.63) is 52.1 Å². The van der Waals surface area contributed by atoms with Gasteiger partial charge in [-0.3, -0.25) is 24.6 Å². The van der Waals surface area contributed by atoms with Crippen molar-refractivity contribution < 1.29 is 19.1 Å². The van der Waals surface area contributed by atoms with Gasteiger partial charge in [-0.05, 0) is 17.9 Å². The molecule has 5 rings (SSSR count). The molecule has 9 heteroatoms. The number of nitrogens with one attached hydrogen (secondary N) is 1. The van der Waals surface area contributed by atoms with Crippen molar-refractivity contribution in [1.82, 2.24) is 15.3 Å². The highest BCUT2D eigenvalue weighted by atomic mass is 32.1. The zero-order valence-electron chi connectivity index (χ0n) is 15.4. The molecule has 0 aliphatic carbocycles. The Morgan fingerprint density at radius 2 is 2.14 bits per heavy atom. The summed E-state index contributed by atoms with van der Waals surface area (Å²) in [4.78, 5) is 47.4. The van der Waals surface area contributed by atoms with Gasteiger partial charge in [-0.2, -0.15) is 0 Å². The third-order valence-electron chi connectivity index (χ3n) is 5.32. The van der Waals surface area contributed by atoms with Gasteiger partial charge in [-0.1, -0.05) is 12.1 Å². The number of piperidine rings is 1. The van der Waals surface area contributed by atoms with Crippen LogP contribution in [0.25, 0.3) is 10.8 Å². The highest BCUT2D eigenvalue weighted by molar-refractivity contribution is 7.09. The van der Waals surface area contributed by atoms with Crippen molar-refractivity contribution in [3.8, 4) is 0 Å². The Kier molecular flexibility index (Phi) is 4.14. The van der Waals surface area contributed by atoms with Crippen molar-refractivity contribution >= 4 is 45.6 Å². The Morgan fingerprint density at radius 1 is 1.28 bits per heavy atom. The Morgan fingerprint density at radius 3 is 2.86 bits per heavy atom. The lowest BCUT2D eigenvalue weighted by Gasteiger charge is -2.29. The number of hydrogen-bond acceptors (Lipinski definition) is 7. The van der Waals surface area contributed by atoms with Gasteiger partial charge in [0.1, 0.15) is 23.0 Å². The lowest BCUT2D eigenvalue weighted by Crippen LogP contribution is -2.53. The lowest BCUT2D eigenvalue weighted by atomic mass is 10.0. The number of methoxy groups -OCH3 is 1. The first kappa shape index (κ1) is 17.9. The van der Waals surface area contributed by atoms with Gasteiger partial charge >= 0.3 is 0 Å². The first-order valence-corrected chi connectivity index (χ1v) is 9.99. The molecule has 0 radical (unpaired) electrons. The van der Waals surface area contributed by atoms with E-state index in [1.54, 1.807) is 25.6 Å². The molecule has 2 aliphatic heterocycles. The van der Waals surface area contributed by atoms with Crippen LogP contribution in [0.15, 0.2) is 36.0 Å². The molecule has 0 bridgehead atoms. The number of nitrogens with zero attached hydrogens (tertiary/aromatic N) is 3. The summed E-state index contributed by atoms with van der Waals surface area (Å²) in [6, 6.07) is 4.70. The number of hydrogen-bond donors (Lipinski definition) is 1. The van der Waals surface area contributed by atoms with Crippen molar-refractivity contribution in [2.45, 2.75) is 25.0 Å². The van der Waals surface area contributed by atoms with Gasteiger partial charge in [0, 0.05) is 42.3 Å². The predicted molar refractivity (Wildman–Crippen MR) is 106 cm³/mol. The molecule has 1 N–H and O–H groups in total. The molecule has 0 spiro atoms. The molecule has 2 unspecified atom stereocenters. The average molecular weight is 408 g/mol. The molecule has 1 fully saturated rings. The van der Waals surface area contributed by atoms with Crippen LogP contribution in [0.1, 0.15) is 39.9 Å². The Bertz CT molecular complexity index is 1160. The van der Waals surface area contributed by atoms with Gasteiger partial charge in [0.2, 0.25) is 11.8 Å². The normalized spacial score (nSPS) is 19.7. The van der Waals surface area contributed by atoms with E-state index in [9.17, 15) is 14.4 Å². The van der Waals surface area contributed by atoms with E-state index in [1.807, 2.05) is 17.5 Å². The predicted octanol–water partition coefficient (Wildman–Crippen LogP) is 2.19. The minimum Gasteiger partial charge on any atom is -0.369 e. The quantitative estimate of drug-likeness (QED) is 0.664. The van der Waals surface area contributed by atoms with Gasteiger partial charge in [-0.25, -0.2) is 9.97 Å². The molecule has 4 heterocycles. The van der Waals surface area contributed by atoms with E-state index in [-0.39, 0.29) is 24.7 Å². The molecule has 8 nitrogen and oxygen atoms in total. The number of carbonyl (C=O) groups is 3. The fourth-order valence-electron chi connectivity index (χ4n) is 4.04. The van der Waals surface area contributed by atoms with Crippen LogP contribution in [0.3, 0.4) is 0 Å². The van der Waals surface area contributed by atoms with E-state index in [0.717, 1.165) is 16.0 Å². The van der Waals surface area contributed by atoms with Gasteiger partial charge in [0.15, 0.2) is 0 Å². The Hall–Kier alpha value is -3.17. The second kappa shape index (κ2) is 6.71. The van der Waals surface area contributed by atoms with E-state index in [2.05, 4.69) is 15.3 Å². The number of thiazole rings is 1. The lowest BCUT2D eigenvalue weighted by molar-refractivity contribution is -0.134. The summed E-state index contributed by atoms with van der Waals surface area (Å²) in [5, 5.41) is 6.51. The van der Waals surface area contributed by atoms with Crippen LogP contribution in [-0.2, 0) is 14.3 Å². The van der Waals surface area contributed by atoms with E-state index < -0.39 is 18.1 Å². The maximum absolute atomic E-state index is 13.2. The number of anilines is 1. The zero-order chi connectivity index (χ0) is 20.1. The van der Waals surface area contributed by atoms with Gasteiger partial charge in [-0.15, -0.1) is 11.3 Å². The molecule has 146 valence electrons. The van der Waals surface area contributed by atoms with Crippen molar-refractivity contribution in [3.63, 3.8) is 0 Å². The average Bonchev–Trinajstić information content (AvgIpc) is 3.33. The van der Waals surface area contributed by atoms with Crippen LogP contribution in [-0.4, -0.2) is 40.8 Å². The largest absolute Gasteiger partial charge is 0.369 e. The van der Waals surface area contributed by atoms with Crippen molar-refractivity contribution in [2.24, 2.45) is 0 Å². The van der Waals surface area contributed by atoms with Crippen molar-refractivity contribution in [2.75, 3.05) is 12.0 Å². The molecule has 3 aromatic rings. The summed E-state index contributed by atoms with van der Waals surface area (Å²) < 4.78 is 5.70. The van der Waals surface area contributed by atoms with E-state index >= 15 is 0 Å². The summed E-state index contributed by atoms with van der Waals surface area (Å²) in [6.45, 7) is 0. The van der Waals surface area contributed by atoms with Gasteiger partial charge < -0.3 is 4.74 Å². The molecule has 1 aromatic carbocycles. The second-order valence-electron chi connectivity index (χ2n) is 6.89. The van der Waals surface area contributed by atoms with Gasteiger partial charge in [0.05, 0.1) is 5.56 Å². The third-order valence-corrected chi connectivity index (χ3v) is 6.14. The highest BCUT2D eigenvalue weighted by Crippen LogP contribution is 2.42. The number of rotatable bonds is 4. The summed E-state index contributed by atoms with van der Waals surface area (Å²) in [5.41, 5.74) is 1.30. The first-order valence-electron chi connectivity index (χ1n) is 9.11. The smallest absolute Gasteiger partial charge is 0.260 e. The number of pyridine rings is 1. The molecule has 2 atom stereocenters. The van der Waals surface area contributed by atoms with Crippen LogP contribution >= 0.6 is 11.3 Å². The number of benzene rings is 1. The standard InChI is InChI=1S/C20H16N4O4S/c1-28-16(19-21-7-8-29-19)12-9-22-17-15-10(12)3-2-4-11(15)20(27)24(17)13-5-6-14(25)23-18(13)26/h2-4,7-9,13,16H,5-6H2,1H3,(H,23,25,26). The molecular weight excluding hydrogens is 392 g/mol. The van der Waals surface area contributed by atoms with Crippen molar-refractivity contribution in [1.29, 1.82) is 0 Å². The third kappa shape index (κ3) is 2.65. The number of aromatic nitrogens is 2. The second-order valence-corrected chi connectivity index (χ2v) is 7.82. The molecule has 1 saturated heterocycles. The highest BCUT2D eigenvalue weighted by Gasteiger charge is 2.42. The summed E-state index contributed by atoms with van der Waals surface area (Å²) in [5.74, 6) is -0.643. The SMILES string of the molecule is COC(c1nccs1)c1cnc2c3c(cccc13)C(=O)N2C1CCC(=O)NC1=O. The zero-order valence-corrected chi connectivity index (χ0v) is 16.2. The molecule has 3 amide bonds. The van der Waals surface area contributed by atoms with E-state index in [4.69, 9.17) is 4.74 Å². The summed E-state index contributed by atoms with van der Waals surface area (Å²) in [6.07, 6.45) is 3.44. The maximum Gasteiger partial charge on any atom is 0.260 e. The van der Waals surface area contributed by atoms with Crippen LogP contribution in [0.5, 0.6) is 0 Å². The van der Waals surface area contributed by atoms with Crippen LogP contribution in [0.2, 0.25) is 0 Å². The van der Waals surface area contributed by atoms with E-state index in [0.29, 0.717) is 16.8 Å².